The topological polar surface area (TPSA) is 431 Å². The van der Waals surface area contributed by atoms with Crippen molar-refractivity contribution in [1.29, 1.82) is 0 Å². The van der Waals surface area contributed by atoms with Crippen LogP contribution in [0, 0.1) is 39.4 Å². The van der Waals surface area contributed by atoms with Crippen molar-refractivity contribution in [2.75, 3.05) is 33.5 Å². The number of hydrogen-bond acceptors (Lipinski definition) is 28. The molecule has 6 aliphatic heterocycles. The van der Waals surface area contributed by atoms with Crippen LogP contribution in [-0.4, -0.2) is 267 Å². The number of methoxy groups -OCH3 is 1. The zero-order valence-electron chi connectivity index (χ0n) is 51.3. The summed E-state index contributed by atoms with van der Waals surface area (Å²) in [6, 6.07) is 0. The summed E-state index contributed by atoms with van der Waals surface area (Å²) in [7, 11) is -4.11. The van der Waals surface area contributed by atoms with Crippen LogP contribution in [0.4, 0.5) is 0 Å². The molecule has 4 aliphatic carbocycles. The second kappa shape index (κ2) is 26.0. The Hall–Kier alpha value is -2.39. The highest BCUT2D eigenvalue weighted by molar-refractivity contribution is 7.80. The molecule has 0 bridgehead atoms. The van der Waals surface area contributed by atoms with Gasteiger partial charge in [-0.2, -0.15) is 8.42 Å². The van der Waals surface area contributed by atoms with E-state index in [0.29, 0.717) is 38.5 Å². The van der Waals surface area contributed by atoms with Crippen LogP contribution in [0.5, 0.6) is 0 Å². The van der Waals surface area contributed by atoms with E-state index in [9.17, 15) is 78.7 Å². The summed E-state index contributed by atoms with van der Waals surface area (Å²) < 4.78 is 112. The van der Waals surface area contributed by atoms with E-state index in [1.54, 1.807) is 0 Å². The van der Waals surface area contributed by atoms with Gasteiger partial charge in [0.2, 0.25) is 0 Å². The van der Waals surface area contributed by atoms with E-state index in [1.165, 1.54) is 6.92 Å². The third kappa shape index (κ3) is 12.2. The predicted molar refractivity (Wildman–Crippen MR) is 298 cm³/mol. The Kier molecular flexibility index (Phi) is 20.3. The van der Waals surface area contributed by atoms with Crippen molar-refractivity contribution < 1.29 is 140 Å². The maximum absolute atomic E-state index is 14.5. The van der Waals surface area contributed by atoms with Crippen molar-refractivity contribution in [3.8, 4) is 0 Å². The first-order chi connectivity index (χ1) is 41.7. The first-order valence-corrected chi connectivity index (χ1v) is 32.2. The highest BCUT2D eigenvalue weighted by Crippen LogP contribution is 2.75. The van der Waals surface area contributed by atoms with Crippen molar-refractivity contribution in [1.82, 2.24) is 0 Å². The Balaban J connectivity index is 0.908. The average Bonchev–Trinajstić information content (AvgIpc) is 1.53. The molecule has 6 heterocycles. The van der Waals surface area contributed by atoms with Crippen LogP contribution in [-0.2, 0) is 81.0 Å². The number of hydrogen-bond donors (Lipinski definition) is 12. The fraction of sp³-hybridized carbons (Fsp3) is 0.898. The number of fused-ring (bicyclic) bond motifs is 4. The number of carbonyl (C=O) groups excluding carboxylic acids is 2. The molecule has 0 aromatic rings. The van der Waals surface area contributed by atoms with E-state index in [-0.39, 0.29) is 35.4 Å². The van der Waals surface area contributed by atoms with Crippen molar-refractivity contribution in [2.45, 2.75) is 259 Å². The lowest BCUT2D eigenvalue weighted by Crippen LogP contribution is -2.68. The van der Waals surface area contributed by atoms with Gasteiger partial charge in [-0.1, -0.05) is 44.9 Å². The zero-order chi connectivity index (χ0) is 65.0. The minimum absolute atomic E-state index is 0.0253. The zero-order valence-corrected chi connectivity index (χ0v) is 52.1. The molecule has 12 N–H and O–H groups in total. The number of cyclic esters (lactones) is 1. The highest BCUT2D eigenvalue weighted by Gasteiger charge is 2.79. The van der Waals surface area contributed by atoms with Crippen molar-refractivity contribution >= 4 is 22.2 Å². The van der Waals surface area contributed by atoms with Gasteiger partial charge in [-0.15, -0.1) is 6.58 Å². The Morgan fingerprint density at radius 1 is 0.685 bits per heavy atom. The van der Waals surface area contributed by atoms with Gasteiger partial charge in [0.25, 0.3) is 0 Å². The van der Waals surface area contributed by atoms with Crippen LogP contribution >= 0.6 is 0 Å². The monoisotopic (exact) mass is 1300 g/mol. The molecule has 29 unspecified atom stereocenters. The Bertz CT molecular complexity index is 2700. The molecule has 0 aromatic heterocycles. The molecule has 89 heavy (non-hydrogen) atoms. The molecule has 0 aromatic carbocycles. The van der Waals surface area contributed by atoms with Gasteiger partial charge in [0, 0.05) is 18.9 Å². The summed E-state index contributed by atoms with van der Waals surface area (Å²) in [6.45, 7) is 14.7. The lowest BCUT2D eigenvalue weighted by molar-refractivity contribution is -0.403. The van der Waals surface area contributed by atoms with Gasteiger partial charge in [-0.05, 0) is 94.8 Å². The maximum Gasteiger partial charge on any atom is 0.397 e. The average molecular weight is 1300 g/mol. The lowest BCUT2D eigenvalue weighted by Gasteiger charge is -2.63. The van der Waals surface area contributed by atoms with Crippen LogP contribution in [0.15, 0.2) is 23.8 Å². The summed E-state index contributed by atoms with van der Waals surface area (Å²) >= 11 is 0. The third-order valence-electron chi connectivity index (χ3n) is 21.8. The standard InChI is InChI=1S/C59H92O29S/c1-24(2)11-10-16-58(8)48-28(62)19-57(7)27-12-13-33-55(4,5)34(15-17-56(33,6)26(27)14-18-59(48,57)54(72)87-58)82-52-46(38(67)32(23-78-52)88-89(73,74)75)86-53-47(85-49-39(68)35(64)29(63)22-77-49)40(69)43(25(3)79-53)83-51-42(71)45(37(66)31(21-61)81-51)84-50-41(70)44(76-9)36(65)30(20-60)80-50/h12,25-26,29-53,60-61,63-71H,1,10-11,13-23H2,2-9H3,(H,73,74,75)/t25?,26?,29?,30?,31?,32?,33?,34?,35?,36?,37?,38?,39?,40?,41?,42?,43?,44?,45?,46?,47?,48?,49?,50?,51?,52?,53?,56?,57-,58-,59?/m0/s1. The normalized spacial score (nSPS) is 50.7. The Morgan fingerprint density at radius 2 is 1.28 bits per heavy atom. The highest BCUT2D eigenvalue weighted by atomic mass is 32.3. The second-order valence-corrected chi connectivity index (χ2v) is 28.7. The quantitative estimate of drug-likeness (QED) is 0.0381. The molecule has 9 fully saturated rings. The number of Topliss-reactive ketones (excluding diaryl/α,β-unsaturated/α-hetero) is 1. The molecule has 0 amide bonds. The smallest absolute Gasteiger partial charge is 0.397 e. The van der Waals surface area contributed by atoms with Crippen molar-refractivity contribution in [3.05, 3.63) is 23.8 Å². The molecule has 6 saturated heterocycles. The van der Waals surface area contributed by atoms with Gasteiger partial charge in [-0.3, -0.25) is 14.1 Å². The molecule has 30 heteroatoms. The molecule has 10 rings (SSSR count). The number of allylic oxidation sites excluding steroid dienone is 3. The van der Waals surface area contributed by atoms with E-state index in [2.05, 4.69) is 26.5 Å². The molecule has 31 atom stereocenters. The first kappa shape index (κ1) is 69.4. The van der Waals surface area contributed by atoms with Crippen molar-refractivity contribution in [3.63, 3.8) is 0 Å². The lowest BCUT2D eigenvalue weighted by atomic mass is 9.41. The van der Waals surface area contributed by atoms with Gasteiger partial charge >= 0.3 is 16.4 Å². The fourth-order valence-electron chi connectivity index (χ4n) is 17.2. The largest absolute Gasteiger partial charge is 0.458 e. The molecule has 3 saturated carbocycles. The van der Waals surface area contributed by atoms with E-state index < -0.39 is 212 Å². The molecule has 508 valence electrons. The van der Waals surface area contributed by atoms with Crippen LogP contribution in [0.1, 0.15) is 106 Å². The van der Waals surface area contributed by atoms with Crippen LogP contribution < -0.4 is 0 Å². The van der Waals surface area contributed by atoms with Gasteiger partial charge in [0.05, 0.1) is 50.0 Å². The second-order valence-electron chi connectivity index (χ2n) is 27.6. The number of esters is 1. The van der Waals surface area contributed by atoms with Gasteiger partial charge < -0.3 is 113 Å². The van der Waals surface area contributed by atoms with Gasteiger partial charge in [0.15, 0.2) is 31.5 Å². The molecule has 0 radical (unpaired) electrons. The Morgan fingerprint density at radius 3 is 1.91 bits per heavy atom. The molecule has 10 aliphatic rings. The summed E-state index contributed by atoms with van der Waals surface area (Å²) in [6.07, 6.45) is -34.4. The summed E-state index contributed by atoms with van der Waals surface area (Å²) in [5, 5.41) is 122. The summed E-state index contributed by atoms with van der Waals surface area (Å²) in [5.41, 5.74) is -1.74. The summed E-state index contributed by atoms with van der Waals surface area (Å²) in [5.74, 6) is -0.982. The predicted octanol–water partition coefficient (Wildman–Crippen LogP) is -1.92. The molecule has 1 spiro atoms. The summed E-state index contributed by atoms with van der Waals surface area (Å²) in [4.78, 5) is 28.9. The maximum atomic E-state index is 14.5. The number of ketones is 1. The van der Waals surface area contributed by atoms with Gasteiger partial charge in [0.1, 0.15) is 115 Å². The van der Waals surface area contributed by atoms with E-state index >= 15 is 0 Å². The van der Waals surface area contributed by atoms with Crippen LogP contribution in [0.25, 0.3) is 0 Å². The van der Waals surface area contributed by atoms with Crippen LogP contribution in [0.3, 0.4) is 0 Å². The third-order valence-corrected chi connectivity index (χ3v) is 22.3. The van der Waals surface area contributed by atoms with Crippen LogP contribution in [0.2, 0.25) is 0 Å². The van der Waals surface area contributed by atoms with Gasteiger partial charge in [-0.25, -0.2) is 4.18 Å². The molecule has 29 nitrogen and oxygen atoms in total. The number of aliphatic hydroxyl groups excluding tert-OH is 11. The number of aliphatic hydroxyl groups is 11. The SMILES string of the molecule is C=C(C)CCC[C@]1(C)OC(=O)C23CCC4C(=CCC5C(C)(C)C(OC6OCC(OS(=O)(=O)O)C(O)C6OC6OC(C)C(OC7OC(CO)C(O)C(OC8OC(CO)C(O)C(OC)C8O)C7O)C(O)C6OC6OCC(O)C(O)C6O)CCC45C)[C@]2(C)CC(=O)C31. The van der Waals surface area contributed by atoms with E-state index in [0.717, 1.165) is 31.1 Å². The minimum Gasteiger partial charge on any atom is -0.458 e. The van der Waals surface area contributed by atoms with E-state index in [4.69, 9.17) is 61.0 Å². The van der Waals surface area contributed by atoms with Crippen molar-refractivity contribution in [2.24, 2.45) is 39.4 Å². The number of rotatable bonds is 19. The molecular weight excluding hydrogens is 1200 g/mol. The minimum atomic E-state index is -5.27. The molecular formula is C59H92O29S. The fourth-order valence-corrected chi connectivity index (χ4v) is 17.7. The van der Waals surface area contributed by atoms with E-state index in [1.807, 2.05) is 27.7 Å². The number of carbonyl (C=O) groups is 2. The Labute approximate surface area is 516 Å². The first-order valence-electron chi connectivity index (χ1n) is 30.8. The number of ether oxygens (including phenoxy) is 12.